The van der Waals surface area contributed by atoms with Gasteiger partial charge in [-0.3, -0.25) is 4.79 Å². The number of benzene rings is 2. The number of alkyl halides is 3. The zero-order valence-electron chi connectivity index (χ0n) is 12.6. The topological polar surface area (TPSA) is 46.9 Å². The molecule has 1 aromatic heterocycles. The third kappa shape index (κ3) is 3.83. The predicted octanol–water partition coefficient (Wildman–Crippen LogP) is 4.80. The molecule has 0 aliphatic rings. The molecule has 0 spiro atoms. The molecule has 3 rings (SSSR count). The summed E-state index contributed by atoms with van der Waals surface area (Å²) in [4.78, 5) is 12.2. The second-order valence-electron chi connectivity index (χ2n) is 5.12. The Morgan fingerprint density at radius 3 is 2.56 bits per heavy atom. The van der Waals surface area contributed by atoms with Crippen LogP contribution in [0.3, 0.4) is 0 Å². The number of carbonyl (C=O) groups is 1. The predicted molar refractivity (Wildman–Crippen MR) is 88.0 cm³/mol. The van der Waals surface area contributed by atoms with Crippen molar-refractivity contribution in [1.82, 2.24) is 9.78 Å². The van der Waals surface area contributed by atoms with Crippen LogP contribution in [-0.4, -0.2) is 15.7 Å². The molecule has 0 fully saturated rings. The van der Waals surface area contributed by atoms with Gasteiger partial charge in [0.1, 0.15) is 0 Å². The van der Waals surface area contributed by atoms with Gasteiger partial charge in [0.2, 0.25) is 0 Å². The molecule has 0 saturated heterocycles. The Morgan fingerprint density at radius 1 is 1.08 bits per heavy atom. The summed E-state index contributed by atoms with van der Waals surface area (Å²) >= 11 is 5.91. The lowest BCUT2D eigenvalue weighted by Gasteiger charge is -2.11. The van der Waals surface area contributed by atoms with Gasteiger partial charge in [-0.1, -0.05) is 29.8 Å². The molecule has 0 atom stereocenters. The van der Waals surface area contributed by atoms with Gasteiger partial charge in [0, 0.05) is 17.3 Å². The summed E-state index contributed by atoms with van der Waals surface area (Å²) in [5.41, 5.74) is -0.808. The number of aromatic nitrogens is 2. The molecule has 0 aliphatic carbocycles. The number of anilines is 1. The third-order valence-corrected chi connectivity index (χ3v) is 3.62. The van der Waals surface area contributed by atoms with E-state index in [0.717, 1.165) is 12.1 Å². The van der Waals surface area contributed by atoms with Crippen LogP contribution < -0.4 is 5.32 Å². The second kappa shape index (κ2) is 6.60. The summed E-state index contributed by atoms with van der Waals surface area (Å²) in [6.45, 7) is 0. The van der Waals surface area contributed by atoms with Crippen LogP contribution in [0.5, 0.6) is 0 Å². The van der Waals surface area contributed by atoms with E-state index in [4.69, 9.17) is 11.6 Å². The van der Waals surface area contributed by atoms with Crippen LogP contribution in [0.15, 0.2) is 60.8 Å². The summed E-state index contributed by atoms with van der Waals surface area (Å²) in [6, 6.07) is 12.9. The van der Waals surface area contributed by atoms with E-state index in [9.17, 15) is 18.0 Å². The van der Waals surface area contributed by atoms with E-state index in [1.54, 1.807) is 30.5 Å². The second-order valence-corrected chi connectivity index (χ2v) is 5.56. The van der Waals surface area contributed by atoms with E-state index < -0.39 is 23.2 Å². The van der Waals surface area contributed by atoms with Crippen molar-refractivity contribution in [2.75, 3.05) is 5.32 Å². The fourth-order valence-corrected chi connectivity index (χ4v) is 2.45. The highest BCUT2D eigenvalue weighted by Crippen LogP contribution is 2.32. The highest BCUT2D eigenvalue weighted by atomic mass is 35.5. The number of nitrogens with zero attached hydrogens (tertiary/aromatic N) is 2. The zero-order valence-corrected chi connectivity index (χ0v) is 13.3. The first-order chi connectivity index (χ1) is 11.8. The Kier molecular flexibility index (Phi) is 4.50. The maximum absolute atomic E-state index is 13.0. The van der Waals surface area contributed by atoms with Crippen LogP contribution in [0.25, 0.3) is 5.69 Å². The first kappa shape index (κ1) is 17.0. The van der Waals surface area contributed by atoms with Gasteiger partial charge >= 0.3 is 6.18 Å². The van der Waals surface area contributed by atoms with E-state index in [0.29, 0.717) is 10.7 Å². The SMILES string of the molecule is O=C(Nc1ccn(-c2cccc(Cl)c2)n1)c1ccccc1C(F)(F)F. The van der Waals surface area contributed by atoms with Gasteiger partial charge in [-0.05, 0) is 30.3 Å². The van der Waals surface area contributed by atoms with E-state index >= 15 is 0 Å². The average molecular weight is 366 g/mol. The minimum atomic E-state index is -4.62. The molecule has 25 heavy (non-hydrogen) atoms. The molecule has 2 aromatic carbocycles. The minimum absolute atomic E-state index is 0.127. The van der Waals surface area contributed by atoms with Crippen LogP contribution in [0, 0.1) is 0 Å². The summed E-state index contributed by atoms with van der Waals surface area (Å²) in [7, 11) is 0. The normalized spacial score (nSPS) is 11.4. The maximum Gasteiger partial charge on any atom is 0.417 e. The number of hydrogen-bond acceptors (Lipinski definition) is 2. The smallest absolute Gasteiger partial charge is 0.305 e. The first-order valence-corrected chi connectivity index (χ1v) is 7.51. The molecule has 128 valence electrons. The Bertz CT molecular complexity index is 921. The van der Waals surface area contributed by atoms with Gasteiger partial charge in [-0.2, -0.15) is 18.3 Å². The standard InChI is InChI=1S/C17H11ClF3N3O/c18-11-4-3-5-12(10-11)24-9-8-15(23-24)22-16(25)13-6-1-2-7-14(13)17(19,20)21/h1-10H,(H,22,23,25). The van der Waals surface area contributed by atoms with Crippen molar-refractivity contribution in [1.29, 1.82) is 0 Å². The lowest BCUT2D eigenvalue weighted by atomic mass is 10.1. The summed E-state index contributed by atoms with van der Waals surface area (Å²) < 4.78 is 40.5. The van der Waals surface area contributed by atoms with Crippen molar-refractivity contribution in [3.8, 4) is 5.69 Å². The van der Waals surface area contributed by atoms with Crippen molar-refractivity contribution >= 4 is 23.3 Å². The Labute approximate surface area is 145 Å². The molecule has 1 amide bonds. The molecule has 3 aromatic rings. The largest absolute Gasteiger partial charge is 0.417 e. The Hall–Kier alpha value is -2.80. The Balaban J connectivity index is 1.84. The number of rotatable bonds is 3. The van der Waals surface area contributed by atoms with E-state index in [-0.39, 0.29) is 5.82 Å². The zero-order chi connectivity index (χ0) is 18.0. The monoisotopic (exact) mass is 365 g/mol. The highest BCUT2D eigenvalue weighted by molar-refractivity contribution is 6.30. The van der Waals surface area contributed by atoms with Crippen LogP contribution in [0.1, 0.15) is 15.9 Å². The molecule has 1 heterocycles. The van der Waals surface area contributed by atoms with Crippen LogP contribution >= 0.6 is 11.6 Å². The van der Waals surface area contributed by atoms with Crippen LogP contribution in [0.2, 0.25) is 5.02 Å². The molecule has 0 bridgehead atoms. The van der Waals surface area contributed by atoms with E-state index in [2.05, 4.69) is 10.4 Å². The van der Waals surface area contributed by atoms with Gasteiger partial charge in [-0.15, -0.1) is 0 Å². The molecule has 0 radical (unpaired) electrons. The van der Waals surface area contributed by atoms with Gasteiger partial charge in [-0.25, -0.2) is 4.68 Å². The molecular weight excluding hydrogens is 355 g/mol. The van der Waals surface area contributed by atoms with Gasteiger partial charge in [0.05, 0.1) is 16.8 Å². The van der Waals surface area contributed by atoms with Crippen molar-refractivity contribution in [2.45, 2.75) is 6.18 Å². The first-order valence-electron chi connectivity index (χ1n) is 7.14. The summed E-state index contributed by atoms with van der Waals surface area (Å²) in [6.07, 6.45) is -3.05. The molecule has 0 saturated carbocycles. The highest BCUT2D eigenvalue weighted by Gasteiger charge is 2.34. The number of amides is 1. The number of carbonyl (C=O) groups excluding carboxylic acids is 1. The molecule has 4 nitrogen and oxygen atoms in total. The molecule has 1 N–H and O–H groups in total. The number of hydrogen-bond donors (Lipinski definition) is 1. The van der Waals surface area contributed by atoms with Crippen molar-refractivity contribution in [3.63, 3.8) is 0 Å². The summed E-state index contributed by atoms with van der Waals surface area (Å²) in [5, 5.41) is 7.01. The van der Waals surface area contributed by atoms with Crippen LogP contribution in [0.4, 0.5) is 19.0 Å². The molecule has 0 aliphatic heterocycles. The van der Waals surface area contributed by atoms with Gasteiger partial charge < -0.3 is 5.32 Å². The molecule has 8 heteroatoms. The van der Waals surface area contributed by atoms with Crippen molar-refractivity contribution < 1.29 is 18.0 Å². The lowest BCUT2D eigenvalue weighted by Crippen LogP contribution is -2.19. The van der Waals surface area contributed by atoms with Crippen molar-refractivity contribution in [2.24, 2.45) is 0 Å². The minimum Gasteiger partial charge on any atom is -0.305 e. The van der Waals surface area contributed by atoms with Gasteiger partial charge in [0.25, 0.3) is 5.91 Å². The molecule has 0 unspecified atom stereocenters. The fraction of sp³-hybridized carbons (Fsp3) is 0.0588. The Morgan fingerprint density at radius 2 is 1.84 bits per heavy atom. The third-order valence-electron chi connectivity index (χ3n) is 3.38. The molecular formula is C17H11ClF3N3O. The maximum atomic E-state index is 13.0. The number of halogens is 4. The van der Waals surface area contributed by atoms with Crippen LogP contribution in [-0.2, 0) is 6.18 Å². The summed E-state index contributed by atoms with van der Waals surface area (Å²) in [5.74, 6) is -0.758. The van der Waals surface area contributed by atoms with E-state index in [1.807, 2.05) is 0 Å². The number of nitrogens with one attached hydrogen (secondary N) is 1. The van der Waals surface area contributed by atoms with Gasteiger partial charge in [0.15, 0.2) is 5.82 Å². The fourth-order valence-electron chi connectivity index (χ4n) is 2.26. The quantitative estimate of drug-likeness (QED) is 0.725. The average Bonchev–Trinajstić information content (AvgIpc) is 3.02. The van der Waals surface area contributed by atoms with E-state index in [1.165, 1.54) is 22.9 Å². The van der Waals surface area contributed by atoms with Crippen molar-refractivity contribution in [3.05, 3.63) is 76.9 Å². The lowest BCUT2D eigenvalue weighted by molar-refractivity contribution is -0.137.